The Balaban J connectivity index is 1.43. The summed E-state index contributed by atoms with van der Waals surface area (Å²) in [7, 11) is 0. The summed E-state index contributed by atoms with van der Waals surface area (Å²) in [5.41, 5.74) is 2.06. The van der Waals surface area contributed by atoms with Crippen LogP contribution >= 0.6 is 0 Å². The van der Waals surface area contributed by atoms with Gasteiger partial charge in [-0.1, -0.05) is 30.3 Å². The monoisotopic (exact) mass is 463 g/mol. The van der Waals surface area contributed by atoms with Gasteiger partial charge in [-0.25, -0.2) is 0 Å². The van der Waals surface area contributed by atoms with Gasteiger partial charge >= 0.3 is 5.97 Å². The zero-order chi connectivity index (χ0) is 24.0. The first kappa shape index (κ1) is 23.6. The van der Waals surface area contributed by atoms with Gasteiger partial charge < -0.3 is 24.3 Å². The van der Waals surface area contributed by atoms with Crippen molar-refractivity contribution < 1.29 is 29.0 Å². The molecule has 0 unspecified atom stereocenters. The van der Waals surface area contributed by atoms with Crippen LogP contribution in [-0.2, 0) is 11.3 Å². The van der Waals surface area contributed by atoms with Gasteiger partial charge in [0, 0.05) is 23.1 Å². The number of amides is 1. The third-order valence-electron chi connectivity index (χ3n) is 6.02. The van der Waals surface area contributed by atoms with Crippen LogP contribution in [0.4, 0.5) is 0 Å². The third-order valence-corrected chi connectivity index (χ3v) is 6.02. The van der Waals surface area contributed by atoms with Crippen molar-refractivity contribution in [3.63, 3.8) is 0 Å². The van der Waals surface area contributed by atoms with Crippen LogP contribution in [0.15, 0.2) is 71.5 Å². The number of unbranched alkanes of at least 4 members (excludes halogenated alkanes) is 2. The number of carboxylic acid groups (broad SMARTS) is 1. The van der Waals surface area contributed by atoms with Crippen LogP contribution in [0.5, 0.6) is 5.75 Å². The highest BCUT2D eigenvalue weighted by molar-refractivity contribution is 5.95. The molecule has 0 saturated heterocycles. The molecule has 0 radical (unpaired) electrons. The summed E-state index contributed by atoms with van der Waals surface area (Å²) in [6, 6.07) is 16.6. The predicted octanol–water partition coefficient (Wildman–Crippen LogP) is 5.10. The number of aliphatic carboxylic acids is 1. The maximum atomic E-state index is 13.4. The average molecular weight is 464 g/mol. The fraction of sp³-hybridized carbons (Fsp3) is 0.333. The maximum absolute atomic E-state index is 13.4. The lowest BCUT2D eigenvalue weighted by Gasteiger charge is -2.29. The van der Waals surface area contributed by atoms with Gasteiger partial charge in [0.2, 0.25) is 0 Å². The molecule has 0 bridgehead atoms. The number of para-hydroxylation sites is 1. The molecular formula is C27H29NO6. The van der Waals surface area contributed by atoms with E-state index in [0.29, 0.717) is 37.2 Å². The molecule has 0 atom stereocenters. The van der Waals surface area contributed by atoms with E-state index in [1.807, 2.05) is 42.5 Å². The number of aliphatic hydroxyl groups is 1. The summed E-state index contributed by atoms with van der Waals surface area (Å²) in [5.74, 6) is -0.356. The lowest BCUT2D eigenvalue weighted by atomic mass is 10.1. The first-order valence-electron chi connectivity index (χ1n) is 11.6. The second-order valence-corrected chi connectivity index (χ2v) is 8.62. The highest BCUT2D eigenvalue weighted by Crippen LogP contribution is 2.41. The van der Waals surface area contributed by atoms with E-state index in [9.17, 15) is 14.7 Å². The van der Waals surface area contributed by atoms with Crippen molar-refractivity contribution in [2.75, 3.05) is 6.61 Å². The van der Waals surface area contributed by atoms with Gasteiger partial charge in [0.15, 0.2) is 0 Å². The Hall–Kier alpha value is -3.58. The van der Waals surface area contributed by atoms with Crippen LogP contribution in [0.3, 0.4) is 0 Å². The highest BCUT2D eigenvalue weighted by atomic mass is 16.5. The topological polar surface area (TPSA) is 100 Å². The number of rotatable bonds is 12. The van der Waals surface area contributed by atoms with Gasteiger partial charge in [-0.2, -0.15) is 0 Å². The van der Waals surface area contributed by atoms with Gasteiger partial charge in [-0.05, 0) is 61.9 Å². The molecule has 0 spiro atoms. The Morgan fingerprint density at radius 3 is 2.41 bits per heavy atom. The number of nitrogens with zero attached hydrogens (tertiary/aromatic N) is 1. The summed E-state index contributed by atoms with van der Waals surface area (Å²) in [6.45, 7) is 0.693. The normalized spacial score (nSPS) is 13.9. The minimum Gasteiger partial charge on any atom is -0.493 e. The van der Waals surface area contributed by atoms with Crippen molar-refractivity contribution in [2.45, 2.75) is 50.8 Å². The molecule has 3 aromatic rings. The Labute approximate surface area is 198 Å². The second-order valence-electron chi connectivity index (χ2n) is 8.62. The molecule has 1 aromatic heterocycles. The number of benzene rings is 2. The summed E-state index contributed by atoms with van der Waals surface area (Å²) in [5, 5.41) is 19.6. The molecule has 34 heavy (non-hydrogen) atoms. The van der Waals surface area contributed by atoms with Crippen LogP contribution in [0.2, 0.25) is 0 Å². The summed E-state index contributed by atoms with van der Waals surface area (Å²) >= 11 is 0. The van der Waals surface area contributed by atoms with Crippen molar-refractivity contribution >= 4 is 11.9 Å². The zero-order valence-corrected chi connectivity index (χ0v) is 19.0. The quantitative estimate of drug-likeness (QED) is 0.286. The summed E-state index contributed by atoms with van der Waals surface area (Å²) < 4.78 is 11.1. The van der Waals surface area contributed by atoms with E-state index in [1.54, 1.807) is 24.7 Å². The minimum absolute atomic E-state index is 0.162. The van der Waals surface area contributed by atoms with Crippen LogP contribution in [0, 0.1) is 0 Å². The van der Waals surface area contributed by atoms with E-state index in [2.05, 4.69) is 0 Å². The molecule has 1 amide bonds. The third kappa shape index (κ3) is 5.85. The van der Waals surface area contributed by atoms with Crippen molar-refractivity contribution in [2.24, 2.45) is 0 Å². The molecule has 7 heteroatoms. The number of carboxylic acids is 1. The fourth-order valence-corrected chi connectivity index (χ4v) is 3.86. The standard InChI is InChI=1S/C27H29NO6/c29-25(30)8-2-1-5-16-34-24-7-4-3-6-22(24)18-28(27(32)14-15-27)26(31)21-11-9-20(10-12-21)23-13-17-33-19-23/h3-4,6-7,9-13,17,19,32H,1-2,5,8,14-16,18H2,(H,29,30). The van der Waals surface area contributed by atoms with E-state index < -0.39 is 11.7 Å². The number of carbonyl (C=O) groups excluding carboxylic acids is 1. The Kier molecular flexibility index (Phi) is 7.33. The van der Waals surface area contributed by atoms with Crippen LogP contribution < -0.4 is 4.74 Å². The van der Waals surface area contributed by atoms with E-state index >= 15 is 0 Å². The molecule has 2 N–H and O–H groups in total. The van der Waals surface area contributed by atoms with E-state index in [1.165, 1.54) is 4.90 Å². The highest BCUT2D eigenvalue weighted by Gasteiger charge is 2.49. The number of hydrogen-bond donors (Lipinski definition) is 2. The minimum atomic E-state index is -1.15. The molecule has 2 aromatic carbocycles. The smallest absolute Gasteiger partial charge is 0.303 e. The average Bonchev–Trinajstić information content (AvgIpc) is 3.35. The molecule has 1 aliphatic carbocycles. The zero-order valence-electron chi connectivity index (χ0n) is 19.0. The van der Waals surface area contributed by atoms with E-state index in [4.69, 9.17) is 14.3 Å². The molecular weight excluding hydrogens is 434 g/mol. The van der Waals surface area contributed by atoms with Crippen LogP contribution in [-0.4, -0.2) is 39.3 Å². The van der Waals surface area contributed by atoms with Gasteiger partial charge in [0.05, 0.1) is 25.7 Å². The van der Waals surface area contributed by atoms with Gasteiger partial charge in [-0.15, -0.1) is 0 Å². The number of ether oxygens (including phenoxy) is 1. The summed E-state index contributed by atoms with van der Waals surface area (Å²) in [6.07, 6.45) is 6.64. The fourth-order valence-electron chi connectivity index (χ4n) is 3.86. The van der Waals surface area contributed by atoms with Crippen LogP contribution in [0.25, 0.3) is 11.1 Å². The maximum Gasteiger partial charge on any atom is 0.303 e. The lowest BCUT2D eigenvalue weighted by Crippen LogP contribution is -2.41. The number of furan rings is 1. The van der Waals surface area contributed by atoms with Gasteiger partial charge in [0.25, 0.3) is 5.91 Å². The SMILES string of the molecule is O=C(O)CCCCCOc1ccccc1CN(C(=O)c1ccc(-c2ccoc2)cc1)C1(O)CC1. The molecule has 7 nitrogen and oxygen atoms in total. The second kappa shape index (κ2) is 10.6. The van der Waals surface area contributed by atoms with Crippen molar-refractivity contribution in [1.29, 1.82) is 0 Å². The number of carbonyl (C=O) groups is 2. The first-order valence-corrected chi connectivity index (χ1v) is 11.6. The Morgan fingerprint density at radius 1 is 0.971 bits per heavy atom. The molecule has 0 aliphatic heterocycles. The van der Waals surface area contributed by atoms with Crippen LogP contribution in [0.1, 0.15) is 54.4 Å². The van der Waals surface area contributed by atoms with E-state index in [0.717, 1.165) is 29.5 Å². The van der Waals surface area contributed by atoms with E-state index in [-0.39, 0.29) is 18.9 Å². The van der Waals surface area contributed by atoms with Crippen molar-refractivity contribution in [3.8, 4) is 16.9 Å². The largest absolute Gasteiger partial charge is 0.493 e. The first-order chi connectivity index (χ1) is 16.5. The molecule has 1 fully saturated rings. The lowest BCUT2D eigenvalue weighted by molar-refractivity contribution is -0.137. The molecule has 1 aliphatic rings. The molecule has 1 saturated carbocycles. The van der Waals surface area contributed by atoms with Gasteiger partial charge in [-0.3, -0.25) is 9.59 Å². The Bertz CT molecular complexity index is 1100. The van der Waals surface area contributed by atoms with Gasteiger partial charge in [0.1, 0.15) is 11.5 Å². The molecule has 1 heterocycles. The molecule has 178 valence electrons. The number of hydrogen-bond acceptors (Lipinski definition) is 5. The van der Waals surface area contributed by atoms with Crippen molar-refractivity contribution in [3.05, 3.63) is 78.3 Å². The molecule has 4 rings (SSSR count). The summed E-state index contributed by atoms with van der Waals surface area (Å²) in [4.78, 5) is 25.5. The predicted molar refractivity (Wildman–Crippen MR) is 126 cm³/mol. The Morgan fingerprint density at radius 2 is 1.74 bits per heavy atom. The van der Waals surface area contributed by atoms with Crippen molar-refractivity contribution in [1.82, 2.24) is 4.90 Å².